The molecule has 0 fully saturated rings. The lowest BCUT2D eigenvalue weighted by Crippen LogP contribution is -2.30. The molecule has 1 aliphatic carbocycles. The van der Waals surface area contributed by atoms with Crippen LogP contribution in [0, 0.1) is 17.0 Å². The first-order valence-corrected chi connectivity index (χ1v) is 8.21. The summed E-state index contributed by atoms with van der Waals surface area (Å²) in [7, 11) is 0. The maximum absolute atomic E-state index is 12.4. The molecule has 1 aliphatic rings. The van der Waals surface area contributed by atoms with Crippen molar-refractivity contribution < 1.29 is 9.72 Å². The number of carbonyl (C=O) groups is 1. The van der Waals surface area contributed by atoms with Crippen molar-refractivity contribution in [3.8, 4) is 0 Å². The number of nitrogen functional groups attached to an aromatic ring is 1. The van der Waals surface area contributed by atoms with Crippen LogP contribution in [0.2, 0.25) is 0 Å². The maximum Gasteiger partial charge on any atom is 0.283 e. The minimum Gasteiger partial charge on any atom is -0.399 e. The number of thiophene rings is 1. The molecule has 0 saturated heterocycles. The molecule has 1 atom stereocenters. The Labute approximate surface area is 137 Å². The van der Waals surface area contributed by atoms with E-state index in [1.165, 1.54) is 6.07 Å². The second-order valence-electron chi connectivity index (χ2n) is 5.69. The first kappa shape index (κ1) is 15.5. The number of hydrogen-bond acceptors (Lipinski definition) is 5. The Morgan fingerprint density at radius 2 is 2.22 bits per heavy atom. The lowest BCUT2D eigenvalue weighted by Gasteiger charge is -2.26. The molecule has 1 aromatic carbocycles. The Bertz CT molecular complexity index is 785. The minimum atomic E-state index is -0.457. The number of benzene rings is 1. The lowest BCUT2D eigenvalue weighted by molar-refractivity contribution is -0.385. The van der Waals surface area contributed by atoms with Gasteiger partial charge in [-0.15, -0.1) is 11.3 Å². The van der Waals surface area contributed by atoms with Crippen molar-refractivity contribution in [3.63, 3.8) is 0 Å². The van der Waals surface area contributed by atoms with Crippen LogP contribution in [0.15, 0.2) is 24.3 Å². The maximum atomic E-state index is 12.4. The summed E-state index contributed by atoms with van der Waals surface area (Å²) in [5, 5.41) is 13.9. The van der Waals surface area contributed by atoms with Crippen LogP contribution < -0.4 is 11.1 Å². The number of nitro groups is 1. The van der Waals surface area contributed by atoms with Crippen molar-refractivity contribution in [2.45, 2.75) is 32.2 Å². The van der Waals surface area contributed by atoms with Gasteiger partial charge in [0.05, 0.1) is 20.7 Å². The smallest absolute Gasteiger partial charge is 0.283 e. The molecular weight excluding hydrogens is 314 g/mol. The molecule has 3 N–H and O–H groups in total. The number of aryl methyl sites for hydroxylation is 2. The highest BCUT2D eigenvalue weighted by Gasteiger charge is 2.25. The van der Waals surface area contributed by atoms with Crippen molar-refractivity contribution in [2.24, 2.45) is 0 Å². The molecule has 120 valence electrons. The van der Waals surface area contributed by atoms with E-state index in [4.69, 9.17) is 5.73 Å². The highest BCUT2D eigenvalue weighted by atomic mass is 32.1. The standard InChI is InChI=1S/C16H17N3O3S/c1-9-14(19(21)22)8-15(23-9)16(20)18-13-4-2-3-10-7-11(17)5-6-12(10)13/h5-8,13H,2-4,17H2,1H3,(H,18,20). The van der Waals surface area contributed by atoms with Crippen LogP contribution in [-0.2, 0) is 6.42 Å². The van der Waals surface area contributed by atoms with Gasteiger partial charge in [-0.3, -0.25) is 14.9 Å². The van der Waals surface area contributed by atoms with E-state index < -0.39 is 4.92 Å². The quantitative estimate of drug-likeness (QED) is 0.512. The first-order valence-electron chi connectivity index (χ1n) is 7.39. The van der Waals surface area contributed by atoms with Crippen LogP contribution in [-0.4, -0.2) is 10.8 Å². The molecule has 6 nitrogen and oxygen atoms in total. The van der Waals surface area contributed by atoms with E-state index in [2.05, 4.69) is 5.32 Å². The van der Waals surface area contributed by atoms with Gasteiger partial charge in [0.25, 0.3) is 11.6 Å². The predicted molar refractivity (Wildman–Crippen MR) is 89.7 cm³/mol. The zero-order valence-electron chi connectivity index (χ0n) is 12.7. The Hall–Kier alpha value is -2.41. The third-order valence-corrected chi connectivity index (χ3v) is 5.14. The molecule has 1 heterocycles. The van der Waals surface area contributed by atoms with Crippen molar-refractivity contribution in [3.05, 3.63) is 55.3 Å². The van der Waals surface area contributed by atoms with Gasteiger partial charge >= 0.3 is 0 Å². The van der Waals surface area contributed by atoms with E-state index in [1.54, 1.807) is 6.92 Å². The second kappa shape index (κ2) is 6.00. The van der Waals surface area contributed by atoms with E-state index >= 15 is 0 Å². The number of hydrogen-bond donors (Lipinski definition) is 2. The molecule has 0 bridgehead atoms. The lowest BCUT2D eigenvalue weighted by atomic mass is 9.87. The topological polar surface area (TPSA) is 98.3 Å². The fourth-order valence-corrected chi connectivity index (χ4v) is 3.87. The number of rotatable bonds is 3. The van der Waals surface area contributed by atoms with Crippen molar-refractivity contribution in [1.29, 1.82) is 0 Å². The van der Waals surface area contributed by atoms with Gasteiger partial charge in [-0.1, -0.05) is 6.07 Å². The van der Waals surface area contributed by atoms with E-state index in [9.17, 15) is 14.9 Å². The van der Waals surface area contributed by atoms with Gasteiger partial charge in [-0.2, -0.15) is 0 Å². The molecule has 2 aromatic rings. The van der Waals surface area contributed by atoms with E-state index in [0.29, 0.717) is 9.75 Å². The molecule has 1 amide bonds. The highest BCUT2D eigenvalue weighted by Crippen LogP contribution is 2.32. The fraction of sp³-hybridized carbons (Fsp3) is 0.312. The summed E-state index contributed by atoms with van der Waals surface area (Å²) >= 11 is 1.15. The summed E-state index contributed by atoms with van der Waals surface area (Å²) in [4.78, 5) is 23.8. The van der Waals surface area contributed by atoms with E-state index in [1.807, 2.05) is 18.2 Å². The third-order valence-electron chi connectivity index (χ3n) is 4.10. The summed E-state index contributed by atoms with van der Waals surface area (Å²) in [5.41, 5.74) is 8.78. The van der Waals surface area contributed by atoms with Crippen molar-refractivity contribution in [1.82, 2.24) is 5.32 Å². The molecule has 0 aliphatic heterocycles. The number of nitrogens with one attached hydrogen (secondary N) is 1. The average molecular weight is 331 g/mol. The molecule has 0 spiro atoms. The van der Waals surface area contributed by atoms with Gasteiger partial charge in [0.2, 0.25) is 0 Å². The monoisotopic (exact) mass is 331 g/mol. The SMILES string of the molecule is Cc1sc(C(=O)NC2CCCc3cc(N)ccc32)cc1[N+](=O)[O-]. The first-order chi connectivity index (χ1) is 11.0. The van der Waals surface area contributed by atoms with Crippen LogP contribution in [0.5, 0.6) is 0 Å². The highest BCUT2D eigenvalue weighted by molar-refractivity contribution is 7.14. The second-order valence-corrected chi connectivity index (χ2v) is 6.94. The number of amides is 1. The number of nitrogens with two attached hydrogens (primary N) is 1. The number of carbonyl (C=O) groups excluding carboxylic acids is 1. The van der Waals surface area contributed by atoms with E-state index in [-0.39, 0.29) is 17.6 Å². The van der Waals surface area contributed by atoms with Gasteiger partial charge in [0.15, 0.2) is 0 Å². The Morgan fingerprint density at radius 1 is 1.43 bits per heavy atom. The van der Waals surface area contributed by atoms with Crippen LogP contribution in [0.1, 0.15) is 44.6 Å². The summed E-state index contributed by atoms with van der Waals surface area (Å²) < 4.78 is 0. The molecule has 1 aromatic heterocycles. The van der Waals surface area contributed by atoms with Crippen molar-refractivity contribution >= 4 is 28.6 Å². The Morgan fingerprint density at radius 3 is 2.91 bits per heavy atom. The van der Waals surface area contributed by atoms with Crippen molar-refractivity contribution in [2.75, 3.05) is 5.73 Å². The number of nitrogens with zero attached hydrogens (tertiary/aromatic N) is 1. The molecule has 1 unspecified atom stereocenters. The number of anilines is 1. The van der Waals surface area contributed by atoms with Gasteiger partial charge in [-0.25, -0.2) is 0 Å². The Kier molecular flexibility index (Phi) is 4.04. The summed E-state index contributed by atoms with van der Waals surface area (Å²) in [5.74, 6) is -0.263. The molecule has 0 radical (unpaired) electrons. The minimum absolute atomic E-state index is 0.00281. The fourth-order valence-electron chi connectivity index (χ4n) is 2.98. The molecule has 3 rings (SSSR count). The van der Waals surface area contributed by atoms with Gasteiger partial charge in [0, 0.05) is 11.8 Å². The molecule has 23 heavy (non-hydrogen) atoms. The number of fused-ring (bicyclic) bond motifs is 1. The largest absolute Gasteiger partial charge is 0.399 e. The van der Waals surface area contributed by atoms with E-state index in [0.717, 1.165) is 47.4 Å². The summed E-state index contributed by atoms with van der Waals surface area (Å²) in [6.45, 7) is 1.65. The predicted octanol–water partition coefficient (Wildman–Crippen LogP) is 3.35. The zero-order valence-corrected chi connectivity index (χ0v) is 13.5. The van der Waals surface area contributed by atoms with Crippen LogP contribution in [0.3, 0.4) is 0 Å². The molecule has 0 saturated carbocycles. The van der Waals surface area contributed by atoms with Gasteiger partial charge in [-0.05, 0) is 49.4 Å². The Balaban J connectivity index is 1.82. The zero-order chi connectivity index (χ0) is 16.6. The normalized spacial score (nSPS) is 16.7. The van der Waals surface area contributed by atoms with Crippen LogP contribution in [0.4, 0.5) is 11.4 Å². The average Bonchev–Trinajstić information content (AvgIpc) is 2.89. The molecule has 7 heteroatoms. The van der Waals surface area contributed by atoms with Crippen LogP contribution >= 0.6 is 11.3 Å². The van der Waals surface area contributed by atoms with Crippen LogP contribution in [0.25, 0.3) is 0 Å². The molecular formula is C16H17N3O3S. The summed E-state index contributed by atoms with van der Waals surface area (Å²) in [6.07, 6.45) is 2.79. The van der Waals surface area contributed by atoms with Gasteiger partial charge < -0.3 is 11.1 Å². The third kappa shape index (κ3) is 3.05. The summed E-state index contributed by atoms with van der Waals surface area (Å²) in [6, 6.07) is 7.02. The van der Waals surface area contributed by atoms with Gasteiger partial charge in [0.1, 0.15) is 0 Å².